The largest absolute Gasteiger partial charge is 0.487 e. The molecular weight excluding hydrogens is 435 g/mol. The minimum Gasteiger partial charge on any atom is -0.487 e. The average Bonchev–Trinajstić information content (AvgIpc) is 3.46. The third-order valence-electron chi connectivity index (χ3n) is 6.50. The highest BCUT2D eigenvalue weighted by molar-refractivity contribution is 6.10. The number of fused-ring (bicyclic) bond motifs is 6. The van der Waals surface area contributed by atoms with Crippen LogP contribution in [0.1, 0.15) is 33.9 Å². The topological polar surface area (TPSA) is 86.3 Å². The zero-order valence-corrected chi connectivity index (χ0v) is 17.4. The summed E-state index contributed by atoms with van der Waals surface area (Å²) in [5.74, 6) is 0.338. The Morgan fingerprint density at radius 1 is 1.18 bits per heavy atom. The van der Waals surface area contributed by atoms with Gasteiger partial charge < -0.3 is 15.4 Å². The number of anilines is 1. The average molecular weight is 453 g/mol. The summed E-state index contributed by atoms with van der Waals surface area (Å²) in [7, 11) is 1.79. The van der Waals surface area contributed by atoms with Gasteiger partial charge in [0, 0.05) is 36.5 Å². The van der Waals surface area contributed by atoms with Crippen LogP contribution < -0.4 is 10.5 Å². The van der Waals surface area contributed by atoms with Crippen LogP contribution in [0, 0.1) is 0 Å². The minimum atomic E-state index is -4.45. The van der Waals surface area contributed by atoms with Crippen molar-refractivity contribution in [1.29, 1.82) is 0 Å². The number of aryl methyl sites for hydroxylation is 1. The van der Waals surface area contributed by atoms with Crippen molar-refractivity contribution in [1.82, 2.24) is 19.7 Å². The number of benzene rings is 2. The number of pyridine rings is 1. The maximum Gasteiger partial charge on any atom is 0.416 e. The fourth-order valence-electron chi connectivity index (χ4n) is 4.96. The first-order valence-electron chi connectivity index (χ1n) is 10.4. The molecule has 10 heteroatoms. The summed E-state index contributed by atoms with van der Waals surface area (Å²) in [4.78, 5) is 19.6. The van der Waals surface area contributed by atoms with E-state index in [1.807, 2.05) is 0 Å². The van der Waals surface area contributed by atoms with Gasteiger partial charge in [-0.2, -0.15) is 18.3 Å². The predicted molar refractivity (Wildman–Crippen MR) is 115 cm³/mol. The molecule has 0 unspecified atom stereocenters. The van der Waals surface area contributed by atoms with E-state index in [-0.39, 0.29) is 17.8 Å². The van der Waals surface area contributed by atoms with Gasteiger partial charge in [-0.25, -0.2) is 4.98 Å². The summed E-state index contributed by atoms with van der Waals surface area (Å²) < 4.78 is 46.8. The Labute approximate surface area is 185 Å². The molecule has 2 aromatic carbocycles. The Kier molecular flexibility index (Phi) is 3.96. The third kappa shape index (κ3) is 2.86. The number of carbonyl (C=O) groups excluding carboxylic acids is 1. The second-order valence-electron chi connectivity index (χ2n) is 8.40. The van der Waals surface area contributed by atoms with Crippen molar-refractivity contribution in [2.45, 2.75) is 24.7 Å². The van der Waals surface area contributed by atoms with Crippen LogP contribution >= 0.6 is 0 Å². The first kappa shape index (κ1) is 19.8. The van der Waals surface area contributed by atoms with Crippen LogP contribution in [0.2, 0.25) is 0 Å². The number of amides is 1. The molecule has 0 saturated carbocycles. The molecule has 4 aromatic rings. The molecule has 0 aliphatic carbocycles. The first-order valence-corrected chi connectivity index (χ1v) is 10.4. The Morgan fingerprint density at radius 2 is 2.00 bits per heavy atom. The van der Waals surface area contributed by atoms with Gasteiger partial charge in [-0.05, 0) is 30.3 Å². The van der Waals surface area contributed by atoms with Gasteiger partial charge in [-0.3, -0.25) is 9.48 Å². The SMILES string of the molecule is Cn1ncc2c(N)nc3ccc(C(=O)N4CC[C@@H]5Oc6cc(C(F)(F)F)ccc6[C@@H]54)cc3c21. The zero-order valence-electron chi connectivity index (χ0n) is 17.4. The van der Waals surface area contributed by atoms with E-state index in [1.165, 1.54) is 6.07 Å². The van der Waals surface area contributed by atoms with E-state index in [0.29, 0.717) is 40.8 Å². The van der Waals surface area contributed by atoms with Crippen LogP contribution in [0.15, 0.2) is 42.6 Å². The zero-order chi connectivity index (χ0) is 23.1. The maximum atomic E-state index is 13.5. The fourth-order valence-corrected chi connectivity index (χ4v) is 4.96. The van der Waals surface area contributed by atoms with E-state index in [0.717, 1.165) is 23.0 Å². The lowest BCUT2D eigenvalue weighted by atomic mass is 10.0. The summed E-state index contributed by atoms with van der Waals surface area (Å²) in [5, 5.41) is 5.71. The molecule has 2 N–H and O–H groups in total. The lowest BCUT2D eigenvalue weighted by molar-refractivity contribution is -0.137. The number of hydrogen-bond acceptors (Lipinski definition) is 5. The molecule has 2 atom stereocenters. The van der Waals surface area contributed by atoms with E-state index >= 15 is 0 Å². The van der Waals surface area contributed by atoms with Gasteiger partial charge in [-0.15, -0.1) is 0 Å². The highest BCUT2D eigenvalue weighted by Crippen LogP contribution is 2.47. The molecule has 33 heavy (non-hydrogen) atoms. The van der Waals surface area contributed by atoms with Crippen molar-refractivity contribution in [3.63, 3.8) is 0 Å². The Bertz CT molecular complexity index is 1460. The van der Waals surface area contributed by atoms with Crippen LogP contribution in [-0.2, 0) is 13.2 Å². The molecule has 1 fully saturated rings. The highest BCUT2D eigenvalue weighted by Gasteiger charge is 2.46. The van der Waals surface area contributed by atoms with Crippen molar-refractivity contribution >= 4 is 33.5 Å². The Balaban J connectivity index is 1.40. The number of alkyl halides is 3. The lowest BCUT2D eigenvalue weighted by Gasteiger charge is -2.23. The summed E-state index contributed by atoms with van der Waals surface area (Å²) in [6, 6.07) is 8.25. The molecule has 1 amide bonds. The molecule has 4 heterocycles. The van der Waals surface area contributed by atoms with Crippen LogP contribution in [0.3, 0.4) is 0 Å². The number of hydrogen-bond donors (Lipinski definition) is 1. The normalized spacial score (nSPS) is 19.7. The van der Waals surface area contributed by atoms with E-state index in [1.54, 1.807) is 41.0 Å². The summed E-state index contributed by atoms with van der Waals surface area (Å²) >= 11 is 0. The summed E-state index contributed by atoms with van der Waals surface area (Å²) in [6.45, 7) is 0.452. The number of rotatable bonds is 1. The Morgan fingerprint density at radius 3 is 2.79 bits per heavy atom. The molecule has 168 valence electrons. The maximum absolute atomic E-state index is 13.5. The second kappa shape index (κ2) is 6.60. The van der Waals surface area contributed by atoms with E-state index in [9.17, 15) is 18.0 Å². The van der Waals surface area contributed by atoms with Gasteiger partial charge in [-0.1, -0.05) is 6.07 Å². The molecule has 2 aliphatic rings. The van der Waals surface area contributed by atoms with Gasteiger partial charge >= 0.3 is 6.18 Å². The number of aromatic nitrogens is 3. The predicted octanol–water partition coefficient (Wildman–Crippen LogP) is 4.07. The number of carbonyl (C=O) groups is 1. The molecule has 0 spiro atoms. The van der Waals surface area contributed by atoms with Crippen molar-refractivity contribution in [3.8, 4) is 5.75 Å². The molecule has 7 nitrogen and oxygen atoms in total. The number of ether oxygens (including phenoxy) is 1. The van der Waals surface area contributed by atoms with E-state index in [2.05, 4.69) is 10.1 Å². The lowest BCUT2D eigenvalue weighted by Crippen LogP contribution is -2.32. The van der Waals surface area contributed by atoms with Gasteiger partial charge in [0.15, 0.2) is 0 Å². The van der Waals surface area contributed by atoms with Gasteiger partial charge in [0.2, 0.25) is 0 Å². The highest BCUT2D eigenvalue weighted by atomic mass is 19.4. The van der Waals surface area contributed by atoms with Crippen LogP contribution in [0.5, 0.6) is 5.75 Å². The molecule has 6 rings (SSSR count). The number of nitrogens with zero attached hydrogens (tertiary/aromatic N) is 4. The van der Waals surface area contributed by atoms with E-state index < -0.39 is 17.8 Å². The third-order valence-corrected chi connectivity index (χ3v) is 6.50. The number of halogens is 3. The van der Waals surface area contributed by atoms with Crippen molar-refractivity contribution < 1.29 is 22.7 Å². The standard InChI is InChI=1S/C23H18F3N5O2/c1-30-19-14-8-11(2-5-16(14)29-21(27)15(19)10-28-30)22(32)31-7-6-17-20(31)13-4-3-12(23(24,25)26)9-18(13)33-17/h2-5,8-10,17,20H,6-7H2,1H3,(H2,27,29)/t17-,20-/m0/s1. The quantitative estimate of drug-likeness (QED) is 0.470. The van der Waals surface area contributed by atoms with Crippen LogP contribution in [0.25, 0.3) is 21.8 Å². The molecule has 2 aliphatic heterocycles. The van der Waals surface area contributed by atoms with E-state index in [4.69, 9.17) is 10.5 Å². The molecular formula is C23H18F3N5O2. The smallest absolute Gasteiger partial charge is 0.416 e. The first-order chi connectivity index (χ1) is 15.7. The molecule has 0 radical (unpaired) electrons. The summed E-state index contributed by atoms with van der Waals surface area (Å²) in [5.41, 5.74) is 7.77. The monoisotopic (exact) mass is 453 g/mol. The van der Waals surface area contributed by atoms with Crippen LogP contribution in [0.4, 0.5) is 19.0 Å². The number of likely N-dealkylation sites (tertiary alicyclic amines) is 1. The summed E-state index contributed by atoms with van der Waals surface area (Å²) in [6.07, 6.45) is -2.63. The fraction of sp³-hybridized carbons (Fsp3) is 0.261. The van der Waals surface area contributed by atoms with Gasteiger partial charge in [0.05, 0.1) is 34.2 Å². The Hall–Kier alpha value is -3.82. The van der Waals surface area contributed by atoms with Crippen molar-refractivity contribution in [3.05, 3.63) is 59.3 Å². The van der Waals surface area contributed by atoms with Gasteiger partial charge in [0.1, 0.15) is 17.7 Å². The van der Waals surface area contributed by atoms with Crippen LogP contribution in [-0.4, -0.2) is 38.2 Å². The number of nitrogen functional groups attached to an aromatic ring is 1. The molecule has 1 saturated heterocycles. The second-order valence-corrected chi connectivity index (χ2v) is 8.40. The van der Waals surface area contributed by atoms with Crippen molar-refractivity contribution in [2.75, 3.05) is 12.3 Å². The van der Waals surface area contributed by atoms with Crippen molar-refractivity contribution in [2.24, 2.45) is 7.05 Å². The van der Waals surface area contributed by atoms with Gasteiger partial charge in [0.25, 0.3) is 5.91 Å². The molecule has 0 bridgehead atoms. The molecule has 2 aromatic heterocycles. The minimum absolute atomic E-state index is 0.187. The number of nitrogens with two attached hydrogens (primary N) is 1.